The minimum absolute atomic E-state index is 0.129. The fourth-order valence-electron chi connectivity index (χ4n) is 3.55. The number of carboxylic acids is 1. The van der Waals surface area contributed by atoms with E-state index in [9.17, 15) is 9.00 Å². The van der Waals surface area contributed by atoms with Crippen molar-refractivity contribution in [1.29, 1.82) is 0 Å². The molecule has 1 unspecified atom stereocenters. The number of rotatable bonds is 9. The second-order valence-electron chi connectivity index (χ2n) is 8.13. The van der Waals surface area contributed by atoms with Crippen LogP contribution in [0, 0.1) is 0 Å². The molecule has 7 nitrogen and oxygen atoms in total. The van der Waals surface area contributed by atoms with Crippen molar-refractivity contribution < 1.29 is 18.3 Å². The fourth-order valence-corrected chi connectivity index (χ4v) is 5.51. The molecule has 32 heavy (non-hydrogen) atoms. The lowest BCUT2D eigenvalue weighted by molar-refractivity contribution is 0.0697. The molecule has 0 bridgehead atoms. The van der Waals surface area contributed by atoms with Crippen LogP contribution in [-0.4, -0.2) is 57.7 Å². The van der Waals surface area contributed by atoms with Crippen molar-refractivity contribution in [2.24, 2.45) is 4.36 Å². The second-order valence-corrected chi connectivity index (χ2v) is 10.3. The molecule has 2 atom stereocenters. The summed E-state index contributed by atoms with van der Waals surface area (Å²) in [5.74, 6) is -0.740. The maximum Gasteiger partial charge on any atom is 0.335 e. The van der Waals surface area contributed by atoms with Crippen LogP contribution in [0.1, 0.15) is 42.1 Å². The zero-order valence-corrected chi connectivity index (χ0v) is 20.2. The molecule has 1 fully saturated rings. The van der Waals surface area contributed by atoms with Crippen LogP contribution in [0.4, 0.5) is 5.69 Å². The van der Waals surface area contributed by atoms with Gasteiger partial charge in [-0.15, -0.1) is 0 Å². The molecule has 1 aliphatic rings. The summed E-state index contributed by atoms with van der Waals surface area (Å²) in [6.45, 7) is 3.25. The van der Waals surface area contributed by atoms with Gasteiger partial charge in [-0.2, -0.15) is 12.9 Å². The zero-order valence-electron chi connectivity index (χ0n) is 18.7. The van der Waals surface area contributed by atoms with Crippen LogP contribution in [-0.2, 0) is 16.6 Å². The average molecular weight is 480 g/mol. The molecule has 9 heteroatoms. The van der Waals surface area contributed by atoms with E-state index in [1.807, 2.05) is 26.2 Å². The Labute approximate surface area is 195 Å². The molecule has 1 aliphatic heterocycles. The first kappa shape index (κ1) is 24.5. The Kier molecular flexibility index (Phi) is 8.16. The summed E-state index contributed by atoms with van der Waals surface area (Å²) in [5, 5.41) is 9.72. The van der Waals surface area contributed by atoms with Gasteiger partial charge in [-0.1, -0.05) is 31.0 Å². The van der Waals surface area contributed by atoms with E-state index < -0.39 is 16.2 Å². The Morgan fingerprint density at radius 2 is 2.00 bits per heavy atom. The van der Waals surface area contributed by atoms with Crippen molar-refractivity contribution >= 4 is 33.5 Å². The van der Waals surface area contributed by atoms with Gasteiger partial charge in [0.25, 0.3) is 10.2 Å². The predicted molar refractivity (Wildman–Crippen MR) is 128 cm³/mol. The molecule has 0 amide bonds. The van der Waals surface area contributed by atoms with Crippen LogP contribution in [0.15, 0.2) is 46.8 Å². The molecule has 2 aromatic rings. The van der Waals surface area contributed by atoms with Crippen molar-refractivity contribution in [1.82, 2.24) is 9.21 Å². The Morgan fingerprint density at radius 3 is 2.56 bits per heavy atom. The van der Waals surface area contributed by atoms with E-state index in [-0.39, 0.29) is 11.6 Å². The quantitative estimate of drug-likeness (QED) is 0.545. The highest BCUT2D eigenvalue weighted by Gasteiger charge is 2.33. The molecule has 0 spiro atoms. The average Bonchev–Trinajstić information content (AvgIpc) is 3.25. The molecule has 1 N–H and O–H groups in total. The van der Waals surface area contributed by atoms with E-state index in [1.165, 1.54) is 24.3 Å². The van der Waals surface area contributed by atoms with Gasteiger partial charge in [0.05, 0.1) is 11.3 Å². The van der Waals surface area contributed by atoms with Gasteiger partial charge in [0.1, 0.15) is 5.75 Å². The van der Waals surface area contributed by atoms with Gasteiger partial charge < -0.3 is 14.2 Å². The molecular formula is C23H30ClN3O4S. The molecule has 1 heterocycles. The van der Waals surface area contributed by atoms with E-state index in [2.05, 4.69) is 16.2 Å². The van der Waals surface area contributed by atoms with Crippen molar-refractivity contribution in [3.05, 3.63) is 58.6 Å². The number of nitrogens with zero attached hydrogens (tertiary/aromatic N) is 3. The van der Waals surface area contributed by atoms with E-state index >= 15 is 0 Å². The van der Waals surface area contributed by atoms with Crippen molar-refractivity contribution in [3.8, 4) is 5.75 Å². The summed E-state index contributed by atoms with van der Waals surface area (Å²) in [7, 11) is 0.693. The lowest BCUT2D eigenvalue weighted by Gasteiger charge is -2.23. The first-order valence-electron chi connectivity index (χ1n) is 10.7. The topological polar surface area (TPSA) is 82.4 Å². The summed E-state index contributed by atoms with van der Waals surface area (Å²) >= 11 is 6.46. The molecular weight excluding hydrogens is 450 g/mol. The molecule has 0 radical (unpaired) electrons. The molecule has 3 rings (SSSR count). The number of unbranched alkanes of at least 4 members (excludes halogenated alkanes) is 1. The molecule has 1 saturated heterocycles. The molecule has 2 aromatic carbocycles. The van der Waals surface area contributed by atoms with E-state index in [1.54, 1.807) is 10.4 Å². The fraction of sp³-hybridized carbons (Fsp3) is 0.435. The summed E-state index contributed by atoms with van der Waals surface area (Å²) < 4.78 is 26.2. The summed E-state index contributed by atoms with van der Waals surface area (Å²) in [4.78, 5) is 13.2. The minimum atomic E-state index is -3.29. The maximum atomic E-state index is 14.0. The Morgan fingerprint density at radius 1 is 1.28 bits per heavy atom. The SMILES string of the molecule is CCCCc1ccc(N=S(=O)(Oc2ccc(C(=O)O)cc2)N2CC[C@H](N(C)C)C2)cc1Cl. The summed E-state index contributed by atoms with van der Waals surface area (Å²) in [5.41, 5.74) is 1.65. The summed E-state index contributed by atoms with van der Waals surface area (Å²) in [6, 6.07) is 11.5. The molecule has 0 aromatic heterocycles. The highest BCUT2D eigenvalue weighted by Crippen LogP contribution is 2.29. The molecule has 174 valence electrons. The second kappa shape index (κ2) is 10.7. The number of halogens is 1. The monoisotopic (exact) mass is 479 g/mol. The van der Waals surface area contributed by atoms with Crippen LogP contribution in [0.3, 0.4) is 0 Å². The first-order valence-corrected chi connectivity index (χ1v) is 12.5. The van der Waals surface area contributed by atoms with Crippen molar-refractivity contribution in [2.45, 2.75) is 38.6 Å². The van der Waals surface area contributed by atoms with Crippen LogP contribution in [0.2, 0.25) is 5.02 Å². The third-order valence-electron chi connectivity index (χ3n) is 5.55. The number of benzene rings is 2. The number of likely N-dealkylation sites (N-methyl/N-ethyl adjacent to an activating group) is 1. The van der Waals surface area contributed by atoms with Gasteiger partial charge in [0, 0.05) is 24.2 Å². The number of aromatic carboxylic acids is 1. The first-order chi connectivity index (χ1) is 15.2. The smallest absolute Gasteiger partial charge is 0.335 e. The highest BCUT2D eigenvalue weighted by molar-refractivity contribution is 7.87. The number of hydrogen-bond donors (Lipinski definition) is 1. The van der Waals surface area contributed by atoms with Crippen molar-refractivity contribution in [3.63, 3.8) is 0 Å². The zero-order chi connectivity index (χ0) is 23.3. The third-order valence-corrected chi connectivity index (χ3v) is 7.73. The van der Waals surface area contributed by atoms with Crippen LogP contribution in [0.5, 0.6) is 5.75 Å². The van der Waals surface area contributed by atoms with Gasteiger partial charge in [0.15, 0.2) is 0 Å². The lowest BCUT2D eigenvalue weighted by Crippen LogP contribution is -2.36. The Bertz CT molecular complexity index is 1070. The Balaban J connectivity index is 1.95. The van der Waals surface area contributed by atoms with E-state index in [0.29, 0.717) is 29.5 Å². The van der Waals surface area contributed by atoms with Gasteiger partial charge >= 0.3 is 5.97 Å². The minimum Gasteiger partial charge on any atom is -0.478 e. The van der Waals surface area contributed by atoms with Gasteiger partial charge in [-0.25, -0.2) is 4.79 Å². The molecule has 0 saturated carbocycles. The lowest BCUT2D eigenvalue weighted by atomic mass is 10.1. The Hall–Kier alpha value is -2.13. The molecule has 0 aliphatic carbocycles. The largest absolute Gasteiger partial charge is 0.478 e. The van der Waals surface area contributed by atoms with Crippen LogP contribution < -0.4 is 4.18 Å². The number of carbonyl (C=O) groups is 1. The highest BCUT2D eigenvalue weighted by atomic mass is 35.5. The maximum absolute atomic E-state index is 14.0. The normalized spacial score (nSPS) is 18.5. The van der Waals surface area contributed by atoms with Crippen molar-refractivity contribution in [2.75, 3.05) is 27.2 Å². The van der Waals surface area contributed by atoms with Crippen LogP contribution in [0.25, 0.3) is 0 Å². The third kappa shape index (κ3) is 6.01. The van der Waals surface area contributed by atoms with E-state index in [0.717, 1.165) is 31.2 Å². The standard InChI is InChI=1S/C23H30ClN3O4S/c1-4-5-6-17-7-10-19(15-22(17)24)25-32(30,27-14-13-20(16-27)26(2)3)31-21-11-8-18(9-12-21)23(28)29/h7-12,15,20H,4-6,13-14,16H2,1-3H3,(H,28,29)/t20-,32?/m0/s1. The van der Waals surface area contributed by atoms with E-state index in [4.69, 9.17) is 20.9 Å². The number of aryl methyl sites for hydroxylation is 1. The number of carboxylic acid groups (broad SMARTS) is 1. The summed E-state index contributed by atoms with van der Waals surface area (Å²) in [6.07, 6.45) is 3.85. The van der Waals surface area contributed by atoms with Gasteiger partial charge in [-0.3, -0.25) is 0 Å². The number of hydrogen-bond acceptors (Lipinski definition) is 5. The van der Waals surface area contributed by atoms with Gasteiger partial charge in [0.2, 0.25) is 0 Å². The van der Waals surface area contributed by atoms with Crippen LogP contribution >= 0.6 is 11.6 Å². The predicted octanol–water partition coefficient (Wildman–Crippen LogP) is 5.03. The van der Waals surface area contributed by atoms with Gasteiger partial charge in [-0.05, 0) is 75.3 Å².